The summed E-state index contributed by atoms with van der Waals surface area (Å²) >= 11 is 0. The van der Waals surface area contributed by atoms with Crippen LogP contribution in [0.2, 0.25) is 0 Å². The highest BCUT2D eigenvalue weighted by molar-refractivity contribution is 6.01. The Morgan fingerprint density at radius 1 is 1.31 bits per heavy atom. The lowest BCUT2D eigenvalue weighted by Crippen LogP contribution is -2.55. The summed E-state index contributed by atoms with van der Waals surface area (Å²) in [5.41, 5.74) is 1.84. The summed E-state index contributed by atoms with van der Waals surface area (Å²) < 4.78 is 10.8. The van der Waals surface area contributed by atoms with E-state index in [2.05, 4.69) is 30.8 Å². The Balaban J connectivity index is 1.91. The topological polar surface area (TPSA) is 58.8 Å². The zero-order chi connectivity index (χ0) is 18.8. The Morgan fingerprint density at radius 3 is 2.69 bits per heavy atom. The van der Waals surface area contributed by atoms with Crippen LogP contribution in [0.4, 0.5) is 0 Å². The van der Waals surface area contributed by atoms with Crippen LogP contribution in [0.25, 0.3) is 11.3 Å². The van der Waals surface area contributed by atoms with Crippen molar-refractivity contribution in [2.24, 2.45) is 0 Å². The molecule has 1 aromatic carbocycles. The first-order valence-electron chi connectivity index (χ1n) is 9.08. The van der Waals surface area contributed by atoms with E-state index in [1.807, 2.05) is 29.2 Å². The van der Waals surface area contributed by atoms with Crippen LogP contribution in [-0.4, -0.2) is 59.7 Å². The van der Waals surface area contributed by atoms with Crippen LogP contribution in [0, 0.1) is 6.92 Å². The third kappa shape index (κ3) is 3.33. The summed E-state index contributed by atoms with van der Waals surface area (Å²) in [6, 6.07) is 8.35. The first-order valence-corrected chi connectivity index (χ1v) is 9.08. The Hall–Kier alpha value is -2.34. The van der Waals surface area contributed by atoms with Gasteiger partial charge in [0.15, 0.2) is 0 Å². The van der Waals surface area contributed by atoms with Gasteiger partial charge in [-0.3, -0.25) is 9.69 Å². The molecule has 0 radical (unpaired) electrons. The smallest absolute Gasteiger partial charge is 0.259 e. The Kier molecular flexibility index (Phi) is 5.32. The number of ether oxygens (including phenoxy) is 1. The van der Waals surface area contributed by atoms with E-state index < -0.39 is 0 Å². The van der Waals surface area contributed by atoms with E-state index in [0.717, 1.165) is 12.1 Å². The minimum absolute atomic E-state index is 0.0279. The molecule has 0 spiro atoms. The number of amides is 1. The molecule has 6 heteroatoms. The molecule has 1 atom stereocenters. The molecule has 1 aliphatic heterocycles. The molecular formula is C20H27N3O3. The third-order valence-corrected chi connectivity index (χ3v) is 5.07. The normalized spacial score (nSPS) is 18.4. The summed E-state index contributed by atoms with van der Waals surface area (Å²) in [4.78, 5) is 17.6. The highest BCUT2D eigenvalue weighted by Gasteiger charge is 2.32. The number of carbonyl (C=O) groups is 1. The van der Waals surface area contributed by atoms with Gasteiger partial charge in [-0.05, 0) is 39.8 Å². The van der Waals surface area contributed by atoms with Crippen molar-refractivity contribution in [3.8, 4) is 17.0 Å². The molecule has 3 rings (SSSR count). The molecule has 0 bridgehead atoms. The largest absolute Gasteiger partial charge is 0.496 e. The fourth-order valence-corrected chi connectivity index (χ4v) is 3.73. The molecule has 26 heavy (non-hydrogen) atoms. The zero-order valence-electron chi connectivity index (χ0n) is 16.2. The first kappa shape index (κ1) is 18.5. The van der Waals surface area contributed by atoms with E-state index in [1.165, 1.54) is 0 Å². The standard InChI is InChI=1S/C20H27N3O3/c1-13(2)23-11-10-22(12-14(23)3)20(24)18-15(4)26-21-19(18)16-8-6-7-9-17(16)25-5/h6-9,13-14H,10-12H2,1-5H3/t14-/m1/s1. The number of aromatic nitrogens is 1. The maximum absolute atomic E-state index is 13.3. The van der Waals surface area contributed by atoms with Crippen LogP contribution in [0.1, 0.15) is 36.9 Å². The van der Waals surface area contributed by atoms with E-state index in [4.69, 9.17) is 9.26 Å². The molecular weight excluding hydrogens is 330 g/mol. The van der Waals surface area contributed by atoms with Crippen molar-refractivity contribution >= 4 is 5.91 Å². The van der Waals surface area contributed by atoms with Gasteiger partial charge in [-0.15, -0.1) is 0 Å². The van der Waals surface area contributed by atoms with Crippen LogP contribution >= 0.6 is 0 Å². The number of piperazine rings is 1. The average molecular weight is 357 g/mol. The van der Waals surface area contributed by atoms with Crippen LogP contribution in [0.5, 0.6) is 5.75 Å². The van der Waals surface area contributed by atoms with E-state index >= 15 is 0 Å². The predicted molar refractivity (Wildman–Crippen MR) is 100 cm³/mol. The van der Waals surface area contributed by atoms with E-state index in [9.17, 15) is 4.79 Å². The molecule has 1 amide bonds. The Morgan fingerprint density at radius 2 is 2.04 bits per heavy atom. The lowest BCUT2D eigenvalue weighted by Gasteiger charge is -2.42. The van der Waals surface area contributed by atoms with Crippen LogP contribution in [0.15, 0.2) is 28.8 Å². The summed E-state index contributed by atoms with van der Waals surface area (Å²) in [7, 11) is 1.61. The first-order chi connectivity index (χ1) is 12.4. The number of nitrogens with zero attached hydrogens (tertiary/aromatic N) is 3. The number of hydrogen-bond acceptors (Lipinski definition) is 5. The van der Waals surface area contributed by atoms with Gasteiger partial charge in [-0.2, -0.15) is 0 Å². The fourth-order valence-electron chi connectivity index (χ4n) is 3.73. The number of rotatable bonds is 4. The van der Waals surface area contributed by atoms with Crippen molar-refractivity contribution in [1.82, 2.24) is 15.0 Å². The average Bonchev–Trinajstić information content (AvgIpc) is 3.01. The van der Waals surface area contributed by atoms with Crippen molar-refractivity contribution in [3.05, 3.63) is 35.6 Å². The van der Waals surface area contributed by atoms with Gasteiger partial charge in [0.1, 0.15) is 22.8 Å². The minimum atomic E-state index is -0.0279. The van der Waals surface area contributed by atoms with Gasteiger partial charge in [0.2, 0.25) is 0 Å². The Bertz CT molecular complexity index is 784. The van der Waals surface area contributed by atoms with Gasteiger partial charge in [-0.25, -0.2) is 0 Å². The maximum Gasteiger partial charge on any atom is 0.259 e. The van der Waals surface area contributed by atoms with E-state index in [-0.39, 0.29) is 5.91 Å². The lowest BCUT2D eigenvalue weighted by atomic mass is 10.0. The van der Waals surface area contributed by atoms with Gasteiger partial charge >= 0.3 is 0 Å². The maximum atomic E-state index is 13.3. The molecule has 0 N–H and O–H groups in total. The molecule has 2 heterocycles. The minimum Gasteiger partial charge on any atom is -0.496 e. The van der Waals surface area contributed by atoms with Gasteiger partial charge in [-0.1, -0.05) is 17.3 Å². The predicted octanol–water partition coefficient (Wildman–Crippen LogP) is 3.21. The van der Waals surface area contributed by atoms with Crippen molar-refractivity contribution < 1.29 is 14.1 Å². The molecule has 6 nitrogen and oxygen atoms in total. The number of para-hydroxylation sites is 1. The van der Waals surface area contributed by atoms with Gasteiger partial charge < -0.3 is 14.2 Å². The highest BCUT2D eigenvalue weighted by atomic mass is 16.5. The number of aryl methyl sites for hydroxylation is 1. The summed E-state index contributed by atoms with van der Waals surface area (Å²) in [6.07, 6.45) is 0. The second kappa shape index (κ2) is 7.50. The van der Waals surface area contributed by atoms with E-state index in [1.54, 1.807) is 14.0 Å². The van der Waals surface area contributed by atoms with Crippen LogP contribution in [-0.2, 0) is 0 Å². The third-order valence-electron chi connectivity index (χ3n) is 5.07. The highest BCUT2D eigenvalue weighted by Crippen LogP contribution is 2.33. The molecule has 1 saturated heterocycles. The number of benzene rings is 1. The number of methoxy groups -OCH3 is 1. The molecule has 0 saturated carbocycles. The molecule has 0 aliphatic carbocycles. The fraction of sp³-hybridized carbons (Fsp3) is 0.500. The number of hydrogen-bond donors (Lipinski definition) is 0. The van der Waals surface area contributed by atoms with Crippen molar-refractivity contribution in [3.63, 3.8) is 0 Å². The van der Waals surface area contributed by atoms with Crippen LogP contribution in [0.3, 0.4) is 0 Å². The molecule has 140 valence electrons. The van der Waals surface area contributed by atoms with Crippen molar-refractivity contribution in [1.29, 1.82) is 0 Å². The quantitative estimate of drug-likeness (QED) is 0.841. The summed E-state index contributed by atoms with van der Waals surface area (Å²) in [5.74, 6) is 1.18. The molecule has 1 aliphatic rings. The number of carbonyl (C=O) groups excluding carboxylic acids is 1. The molecule has 2 aromatic rings. The molecule has 0 unspecified atom stereocenters. The van der Waals surface area contributed by atoms with Gasteiger partial charge in [0, 0.05) is 37.3 Å². The SMILES string of the molecule is COc1ccccc1-c1noc(C)c1C(=O)N1CCN(C(C)C)[C@H](C)C1. The molecule has 1 fully saturated rings. The monoisotopic (exact) mass is 357 g/mol. The summed E-state index contributed by atoms with van der Waals surface area (Å²) in [6.45, 7) is 10.6. The lowest BCUT2D eigenvalue weighted by molar-refractivity contribution is 0.0425. The second-order valence-corrected chi connectivity index (χ2v) is 7.09. The van der Waals surface area contributed by atoms with Crippen molar-refractivity contribution in [2.45, 2.75) is 39.8 Å². The second-order valence-electron chi connectivity index (χ2n) is 7.09. The Labute approximate surface area is 154 Å². The van der Waals surface area contributed by atoms with Crippen molar-refractivity contribution in [2.75, 3.05) is 26.7 Å². The van der Waals surface area contributed by atoms with E-state index in [0.29, 0.717) is 47.9 Å². The van der Waals surface area contributed by atoms with Gasteiger partial charge in [0.05, 0.1) is 7.11 Å². The van der Waals surface area contributed by atoms with Crippen LogP contribution < -0.4 is 4.74 Å². The summed E-state index contributed by atoms with van der Waals surface area (Å²) in [5, 5.41) is 4.16. The zero-order valence-corrected chi connectivity index (χ0v) is 16.2. The molecule has 1 aromatic heterocycles. The van der Waals surface area contributed by atoms with Gasteiger partial charge in [0.25, 0.3) is 5.91 Å².